The number of para-hydroxylation sites is 1. The minimum Gasteiger partial charge on any atom is -0.370 e. The molecule has 0 unspecified atom stereocenters. The topological polar surface area (TPSA) is 449 Å². The summed E-state index contributed by atoms with van der Waals surface area (Å²) in [7, 11) is 0. The van der Waals surface area contributed by atoms with Gasteiger partial charge < -0.3 is 81.2 Å². The fraction of sp³-hybridized carbons (Fsp3) is 0.451. The number of thiol groups is 2. The van der Waals surface area contributed by atoms with Crippen LogP contribution in [0.5, 0.6) is 0 Å². The van der Waals surface area contributed by atoms with E-state index in [4.69, 9.17) is 28.7 Å². The number of rotatable bonds is 32. The van der Waals surface area contributed by atoms with Crippen molar-refractivity contribution in [3.05, 3.63) is 90.1 Å². The Bertz CT molecular complexity index is 2820. The first-order valence-corrected chi connectivity index (χ1v) is 26.6. The monoisotopic (exact) mass is 1150 g/mol. The number of primary amides is 1. The van der Waals surface area contributed by atoms with Gasteiger partial charge in [0.05, 0.1) is 6.33 Å². The smallest absolute Gasteiger partial charge is 0.244 e. The van der Waals surface area contributed by atoms with Gasteiger partial charge in [-0.05, 0) is 63.6 Å². The second-order valence-corrected chi connectivity index (χ2v) is 20.9. The van der Waals surface area contributed by atoms with Crippen LogP contribution in [-0.2, 0) is 62.4 Å². The average molecular weight is 1150 g/mol. The fourth-order valence-corrected chi connectivity index (χ4v) is 8.65. The number of hydrogen-bond donors (Lipinski definition) is 17. The minimum absolute atomic E-state index is 0.0440. The molecule has 27 nitrogen and oxygen atoms in total. The van der Waals surface area contributed by atoms with Gasteiger partial charge in [-0.1, -0.05) is 48.5 Å². The van der Waals surface area contributed by atoms with Crippen molar-refractivity contribution in [2.24, 2.45) is 38.7 Å². The predicted molar refractivity (Wildman–Crippen MR) is 307 cm³/mol. The van der Waals surface area contributed by atoms with Crippen LogP contribution in [-0.4, -0.2) is 152 Å². The van der Waals surface area contributed by atoms with Crippen molar-refractivity contribution < 1.29 is 43.2 Å². The summed E-state index contributed by atoms with van der Waals surface area (Å²) in [5.74, 6) is -7.60. The summed E-state index contributed by atoms with van der Waals surface area (Å²) in [4.78, 5) is 141. The van der Waals surface area contributed by atoms with Crippen molar-refractivity contribution in [3.63, 3.8) is 0 Å². The van der Waals surface area contributed by atoms with Gasteiger partial charge in [0, 0.05) is 78.8 Å². The van der Waals surface area contributed by atoms with Crippen LogP contribution in [0.2, 0.25) is 0 Å². The van der Waals surface area contributed by atoms with Gasteiger partial charge in [0.15, 0.2) is 11.9 Å². The third kappa shape index (κ3) is 21.1. The van der Waals surface area contributed by atoms with E-state index in [1.807, 2.05) is 24.3 Å². The normalized spacial score (nSPS) is 14.2. The molecule has 29 heteroatoms. The molecule has 0 radical (unpaired) electrons. The van der Waals surface area contributed by atoms with Gasteiger partial charge in [-0.2, -0.15) is 25.3 Å². The Labute approximate surface area is 473 Å². The molecule has 0 fully saturated rings. The molecule has 0 bridgehead atoms. The molecule has 0 aliphatic heterocycles. The zero-order valence-corrected chi connectivity index (χ0v) is 46.7. The summed E-state index contributed by atoms with van der Waals surface area (Å²) < 4.78 is -1.12. The number of nitrogens with zero attached hydrogens (tertiary/aromatic N) is 3. The highest BCUT2D eigenvalue weighted by Gasteiger charge is 2.37. The third-order valence-electron chi connectivity index (χ3n) is 12.3. The van der Waals surface area contributed by atoms with Crippen molar-refractivity contribution in [2.45, 2.75) is 126 Å². The summed E-state index contributed by atoms with van der Waals surface area (Å²) in [6.45, 7) is 5.95. The van der Waals surface area contributed by atoms with Crippen LogP contribution in [0.1, 0.15) is 70.2 Å². The summed E-state index contributed by atoms with van der Waals surface area (Å²) in [5, 5.41) is 21.9. The predicted octanol–water partition coefficient (Wildman–Crippen LogP) is -2.93. The van der Waals surface area contributed by atoms with Crippen LogP contribution in [0.3, 0.4) is 0 Å². The minimum atomic E-state index is -1.42. The molecule has 0 aliphatic carbocycles. The van der Waals surface area contributed by atoms with Gasteiger partial charge in [-0.25, -0.2) is 4.98 Å². The molecular weight excluding hydrogens is 1070 g/mol. The first-order valence-electron chi connectivity index (χ1n) is 25.6. The second-order valence-electron chi connectivity index (χ2n) is 19.4. The molecule has 0 aliphatic rings. The maximum absolute atomic E-state index is 14.7. The van der Waals surface area contributed by atoms with Crippen molar-refractivity contribution in [2.75, 3.05) is 18.8 Å². The number of aliphatic imine (C=N–C) groups is 2. The van der Waals surface area contributed by atoms with Crippen molar-refractivity contribution >= 4 is 101 Å². The molecule has 2 heterocycles. The number of imidazole rings is 1. The number of aromatic amines is 2. The molecular formula is C51H74N18O9S2. The van der Waals surface area contributed by atoms with Crippen molar-refractivity contribution in [1.29, 1.82) is 0 Å². The number of nitrogens with two attached hydrogens (primary N) is 5. The Morgan fingerprint density at radius 2 is 1.09 bits per heavy atom. The molecule has 4 rings (SSSR count). The molecule has 0 saturated carbocycles. The zero-order chi connectivity index (χ0) is 59.1. The Morgan fingerprint density at radius 1 is 0.600 bits per heavy atom. The highest BCUT2D eigenvalue weighted by Crippen LogP contribution is 2.21. The lowest BCUT2D eigenvalue weighted by atomic mass is 9.99. The Kier molecular flexibility index (Phi) is 25.1. The highest BCUT2D eigenvalue weighted by molar-refractivity contribution is 7.81. The maximum Gasteiger partial charge on any atom is 0.244 e. The van der Waals surface area contributed by atoms with Gasteiger partial charge in [0.1, 0.15) is 48.3 Å². The summed E-state index contributed by atoms with van der Waals surface area (Å²) in [5.41, 5.74) is 30.0. The zero-order valence-electron chi connectivity index (χ0n) is 44.9. The maximum atomic E-state index is 14.7. The molecule has 80 heavy (non-hydrogen) atoms. The quantitative estimate of drug-likeness (QED) is 0.0101. The number of H-pyrrole nitrogens is 2. The van der Waals surface area contributed by atoms with E-state index in [0.717, 1.165) is 10.9 Å². The van der Waals surface area contributed by atoms with E-state index in [1.165, 1.54) is 26.4 Å². The number of fused-ring (bicyclic) bond motifs is 1. The third-order valence-corrected chi connectivity index (χ3v) is 12.9. The molecule has 434 valence electrons. The second kappa shape index (κ2) is 31.3. The first-order chi connectivity index (χ1) is 37.9. The lowest BCUT2D eigenvalue weighted by Crippen LogP contribution is -2.61. The highest BCUT2D eigenvalue weighted by atomic mass is 32.1. The number of guanidine groups is 2. The lowest BCUT2D eigenvalue weighted by molar-refractivity contribution is -0.135. The SMILES string of the molecule is CC(=O)N[C@@H](CCCN=C(N)N)C(=O)N[C@@H](CS)C(=O)N[C@H](C)C(=O)N[C@@H](Cc1cnc[nH]1)C(=O)N[C@H](Cc1ccccc1)C(=O)N[C@@H](CCCN=C(N)N)C(=O)N[C@@H](Cc1c[nH]c2ccccc12)C(=O)N[C@H](C(N)=O)C(C)(C)S. The Balaban J connectivity index is 1.61. The molecule has 0 saturated heterocycles. The number of hydrogen-bond acceptors (Lipinski definition) is 14. The van der Waals surface area contributed by atoms with Crippen LogP contribution < -0.4 is 71.2 Å². The number of nitrogens with one attached hydrogen (secondary N) is 10. The van der Waals surface area contributed by atoms with Crippen LogP contribution in [0.25, 0.3) is 10.9 Å². The van der Waals surface area contributed by atoms with Gasteiger partial charge in [0.2, 0.25) is 53.2 Å². The van der Waals surface area contributed by atoms with Crippen LogP contribution in [0.4, 0.5) is 0 Å². The van der Waals surface area contributed by atoms with Crippen molar-refractivity contribution in [1.82, 2.24) is 57.5 Å². The van der Waals surface area contributed by atoms with E-state index < -0.39 is 106 Å². The van der Waals surface area contributed by atoms with E-state index in [-0.39, 0.29) is 69.3 Å². The number of aromatic nitrogens is 3. The molecule has 2 aromatic carbocycles. The number of benzene rings is 2. The largest absolute Gasteiger partial charge is 0.370 e. The van der Waals surface area contributed by atoms with E-state index in [1.54, 1.807) is 50.4 Å². The van der Waals surface area contributed by atoms with Crippen molar-refractivity contribution in [3.8, 4) is 0 Å². The van der Waals surface area contributed by atoms with E-state index in [9.17, 15) is 43.2 Å². The van der Waals surface area contributed by atoms with Gasteiger partial charge in [-0.3, -0.25) is 53.1 Å². The first kappa shape index (κ1) is 64.2. The van der Waals surface area contributed by atoms with E-state index in [2.05, 4.69) is 92.7 Å². The van der Waals surface area contributed by atoms with E-state index >= 15 is 0 Å². The van der Waals surface area contributed by atoms with Crippen LogP contribution in [0, 0.1) is 0 Å². The summed E-state index contributed by atoms with van der Waals surface area (Å²) in [6.07, 6.45) is 4.59. The lowest BCUT2D eigenvalue weighted by Gasteiger charge is -2.30. The Morgan fingerprint density at radius 3 is 1.62 bits per heavy atom. The summed E-state index contributed by atoms with van der Waals surface area (Å²) >= 11 is 8.71. The molecule has 8 atom stereocenters. The molecule has 20 N–H and O–H groups in total. The van der Waals surface area contributed by atoms with E-state index in [0.29, 0.717) is 23.2 Å². The average Bonchev–Trinajstić information content (AvgIpc) is 4.07. The van der Waals surface area contributed by atoms with Gasteiger partial charge in [-0.15, -0.1) is 0 Å². The Hall–Kier alpha value is -8.34. The number of carbonyl (C=O) groups is 9. The van der Waals surface area contributed by atoms with Crippen LogP contribution in [0.15, 0.2) is 83.3 Å². The fourth-order valence-electron chi connectivity index (χ4n) is 8.20. The molecule has 0 spiro atoms. The summed E-state index contributed by atoms with van der Waals surface area (Å²) in [6, 6.07) is 5.43. The number of carbonyl (C=O) groups excluding carboxylic acids is 9. The van der Waals surface area contributed by atoms with Gasteiger partial charge >= 0.3 is 0 Å². The molecule has 4 aromatic rings. The standard InChI is InChI=1S/C51H74N18O9S2/c1-27(62-48(78)39(25-79)68-43(73)34(63-28(2)70)16-10-18-58-49(53)54)42(72)65-38(22-31-24-57-26-61-31)46(76)66-36(20-29-12-6-5-7-13-29)45(75)64-35(17-11-19-59-50(55)56)44(74)67-37(47(77)69-40(41(52)71)51(3,4)80)21-30-23-60-33-15-9-8-14-32(30)33/h5-9,12-15,23-24,26-27,34-40,60,79-80H,10-11,16-22,25H2,1-4H3,(H2,52,71)(H,57,61)(H,62,78)(H,63,70)(H,64,75)(H,65,72)(H,66,76)(H,67,74)(H,68,73)(H,69,77)(H4,53,54,58)(H4,55,56,59)/t27-,34+,35+,36-,37+,38+,39+,40-/m1/s1. The van der Waals surface area contributed by atoms with Gasteiger partial charge in [0.25, 0.3) is 0 Å². The molecule has 2 aromatic heterocycles. The number of amides is 9. The molecule has 9 amide bonds. The van der Waals surface area contributed by atoms with Crippen LogP contribution >= 0.6 is 25.3 Å².